The van der Waals surface area contributed by atoms with Crippen LogP contribution in [0.2, 0.25) is 0 Å². The number of hydrogen-bond acceptors (Lipinski definition) is 5. The fourth-order valence-corrected chi connectivity index (χ4v) is 4.74. The molecule has 3 amide bonds. The summed E-state index contributed by atoms with van der Waals surface area (Å²) in [6, 6.07) is 16.3. The molecule has 0 aliphatic carbocycles. The van der Waals surface area contributed by atoms with Gasteiger partial charge in [-0.15, -0.1) is 0 Å². The molecule has 9 nitrogen and oxygen atoms in total. The third kappa shape index (κ3) is 5.68. The number of benzene rings is 2. The van der Waals surface area contributed by atoms with Crippen molar-refractivity contribution in [1.82, 2.24) is 25.3 Å². The van der Waals surface area contributed by atoms with E-state index in [4.69, 9.17) is 0 Å². The van der Waals surface area contributed by atoms with E-state index in [1.807, 2.05) is 63.2 Å². The highest BCUT2D eigenvalue weighted by Gasteiger charge is 2.44. The Hall–Kier alpha value is -4.24. The standard InChI is InChI=1S/C29H34N6O3/c1-6-26(37)30-21-14-12-20(13-15-21)25(36)16-23-22-17-35(29(2,3)27(22)33-32-23)28(38)31-24(18-34(4)5)19-10-8-7-9-11-19/h6-15,24H,1,16-18H2,2-5H3,(H,30,37)(H,31,38)(H,32,33)/t24-/m1/s1. The third-order valence-corrected chi connectivity index (χ3v) is 6.81. The molecule has 0 saturated carbocycles. The molecule has 3 aromatic rings. The first-order valence-electron chi connectivity index (χ1n) is 12.5. The average Bonchev–Trinajstić information content (AvgIpc) is 3.41. The van der Waals surface area contributed by atoms with Gasteiger partial charge in [-0.1, -0.05) is 36.9 Å². The zero-order valence-corrected chi connectivity index (χ0v) is 22.2. The van der Waals surface area contributed by atoms with Crippen molar-refractivity contribution in [1.29, 1.82) is 0 Å². The van der Waals surface area contributed by atoms with E-state index in [9.17, 15) is 14.4 Å². The number of aromatic nitrogens is 2. The van der Waals surface area contributed by atoms with E-state index in [1.165, 1.54) is 6.08 Å². The molecule has 2 heterocycles. The predicted molar refractivity (Wildman–Crippen MR) is 147 cm³/mol. The van der Waals surface area contributed by atoms with Gasteiger partial charge in [0, 0.05) is 29.1 Å². The van der Waals surface area contributed by atoms with Gasteiger partial charge in [-0.3, -0.25) is 14.7 Å². The summed E-state index contributed by atoms with van der Waals surface area (Å²) in [4.78, 5) is 41.9. The number of nitrogens with one attached hydrogen (secondary N) is 3. The van der Waals surface area contributed by atoms with Gasteiger partial charge in [0.25, 0.3) is 0 Å². The lowest BCUT2D eigenvalue weighted by atomic mass is 9.98. The molecule has 0 unspecified atom stereocenters. The summed E-state index contributed by atoms with van der Waals surface area (Å²) >= 11 is 0. The van der Waals surface area contributed by atoms with Crippen molar-refractivity contribution in [3.05, 3.63) is 95.3 Å². The summed E-state index contributed by atoms with van der Waals surface area (Å²) in [6.45, 7) is 8.37. The van der Waals surface area contributed by atoms with Gasteiger partial charge >= 0.3 is 6.03 Å². The van der Waals surface area contributed by atoms with Crippen molar-refractivity contribution in [3.8, 4) is 0 Å². The van der Waals surface area contributed by atoms with Crippen LogP contribution in [0, 0.1) is 0 Å². The number of rotatable bonds is 9. The molecule has 3 N–H and O–H groups in total. The first kappa shape index (κ1) is 26.8. The molecule has 1 aromatic heterocycles. The molecule has 4 rings (SSSR count). The Kier molecular flexibility index (Phi) is 7.78. The molecule has 1 aliphatic heterocycles. The number of carbonyl (C=O) groups excluding carboxylic acids is 3. The van der Waals surface area contributed by atoms with Gasteiger partial charge in [0.1, 0.15) is 0 Å². The molecule has 2 aromatic carbocycles. The SMILES string of the molecule is C=CC(=O)Nc1ccc(C(=O)Cc2[nH]nc3c2CN(C(=O)N[C@H](CN(C)C)c2ccccc2)C3(C)C)cc1. The minimum Gasteiger partial charge on any atom is -0.330 e. The lowest BCUT2D eigenvalue weighted by Gasteiger charge is -2.33. The second kappa shape index (κ2) is 11.0. The Morgan fingerprint density at radius 2 is 1.82 bits per heavy atom. The molecule has 9 heteroatoms. The Morgan fingerprint density at radius 3 is 2.45 bits per heavy atom. The first-order chi connectivity index (χ1) is 18.1. The fraction of sp³-hybridized carbons (Fsp3) is 0.310. The molecule has 0 spiro atoms. The zero-order valence-electron chi connectivity index (χ0n) is 22.2. The van der Waals surface area contributed by atoms with Gasteiger partial charge in [-0.2, -0.15) is 5.10 Å². The minimum atomic E-state index is -0.651. The fourth-order valence-electron chi connectivity index (χ4n) is 4.74. The van der Waals surface area contributed by atoms with E-state index >= 15 is 0 Å². The topological polar surface area (TPSA) is 110 Å². The Morgan fingerprint density at radius 1 is 1.13 bits per heavy atom. The number of nitrogens with zero attached hydrogens (tertiary/aromatic N) is 3. The zero-order chi connectivity index (χ0) is 27.4. The maximum Gasteiger partial charge on any atom is 0.319 e. The first-order valence-corrected chi connectivity index (χ1v) is 12.5. The van der Waals surface area contributed by atoms with E-state index in [0.717, 1.165) is 16.8 Å². The summed E-state index contributed by atoms with van der Waals surface area (Å²) in [6.07, 6.45) is 1.31. The second-order valence-corrected chi connectivity index (χ2v) is 10.2. The van der Waals surface area contributed by atoms with Crippen LogP contribution in [-0.2, 0) is 23.3 Å². The van der Waals surface area contributed by atoms with Crippen LogP contribution in [0.25, 0.3) is 0 Å². The van der Waals surface area contributed by atoms with Crippen molar-refractivity contribution in [2.45, 2.75) is 38.4 Å². The van der Waals surface area contributed by atoms with Crippen LogP contribution in [0.15, 0.2) is 67.3 Å². The van der Waals surface area contributed by atoms with E-state index in [2.05, 4.69) is 27.4 Å². The summed E-state index contributed by atoms with van der Waals surface area (Å²) in [5, 5.41) is 13.4. The quantitative estimate of drug-likeness (QED) is 0.295. The van der Waals surface area contributed by atoms with Crippen molar-refractivity contribution < 1.29 is 14.4 Å². The number of amides is 3. The minimum absolute atomic E-state index is 0.0890. The van der Waals surface area contributed by atoms with E-state index in [1.54, 1.807) is 29.2 Å². The lowest BCUT2D eigenvalue weighted by Crippen LogP contribution is -2.48. The molecule has 38 heavy (non-hydrogen) atoms. The van der Waals surface area contributed by atoms with E-state index < -0.39 is 5.54 Å². The number of Topliss-reactive ketones (excluding diaryl/α,β-unsaturated/α-hetero) is 1. The molecule has 0 fully saturated rings. The van der Waals surface area contributed by atoms with Gasteiger partial charge in [0.05, 0.1) is 30.2 Å². The van der Waals surface area contributed by atoms with Gasteiger partial charge in [0.15, 0.2) is 5.78 Å². The number of fused-ring (bicyclic) bond motifs is 1. The average molecular weight is 515 g/mol. The lowest BCUT2D eigenvalue weighted by molar-refractivity contribution is -0.111. The highest BCUT2D eigenvalue weighted by atomic mass is 16.2. The van der Waals surface area contributed by atoms with Crippen LogP contribution in [-0.4, -0.2) is 58.4 Å². The molecular formula is C29H34N6O3. The number of H-pyrrole nitrogens is 1. The van der Waals surface area contributed by atoms with E-state index in [0.29, 0.717) is 30.0 Å². The van der Waals surface area contributed by atoms with Crippen molar-refractivity contribution in [3.63, 3.8) is 0 Å². The summed E-state index contributed by atoms with van der Waals surface area (Å²) in [5.41, 5.74) is 3.82. The molecule has 198 valence electrons. The summed E-state index contributed by atoms with van der Waals surface area (Å²) < 4.78 is 0. The number of hydrogen-bond donors (Lipinski definition) is 3. The van der Waals surface area contributed by atoms with Crippen LogP contribution < -0.4 is 10.6 Å². The largest absolute Gasteiger partial charge is 0.330 e. The number of carbonyl (C=O) groups is 3. The number of likely N-dealkylation sites (N-methyl/N-ethyl adjacent to an activating group) is 1. The van der Waals surface area contributed by atoms with Gasteiger partial charge < -0.3 is 20.4 Å². The van der Waals surface area contributed by atoms with E-state index in [-0.39, 0.29) is 30.2 Å². The molecular weight excluding hydrogens is 480 g/mol. The maximum atomic E-state index is 13.5. The highest BCUT2D eigenvalue weighted by molar-refractivity contribution is 6.00. The van der Waals surface area contributed by atoms with Crippen molar-refractivity contribution >= 4 is 23.4 Å². The van der Waals surface area contributed by atoms with Gasteiger partial charge in [0.2, 0.25) is 5.91 Å². The smallest absolute Gasteiger partial charge is 0.319 e. The van der Waals surface area contributed by atoms with Crippen LogP contribution >= 0.6 is 0 Å². The van der Waals surface area contributed by atoms with Crippen LogP contribution in [0.1, 0.15) is 52.8 Å². The van der Waals surface area contributed by atoms with Crippen LogP contribution in [0.5, 0.6) is 0 Å². The summed E-state index contributed by atoms with van der Waals surface area (Å²) in [5.74, 6) is -0.404. The number of aromatic amines is 1. The molecule has 1 aliphatic rings. The van der Waals surface area contributed by atoms with Crippen LogP contribution in [0.4, 0.5) is 10.5 Å². The highest BCUT2D eigenvalue weighted by Crippen LogP contribution is 2.39. The Labute approximate surface area is 222 Å². The molecule has 0 bridgehead atoms. The Bertz CT molecular complexity index is 1330. The molecule has 0 radical (unpaired) electrons. The van der Waals surface area contributed by atoms with Gasteiger partial charge in [-0.05, 0) is 63.8 Å². The van der Waals surface area contributed by atoms with Crippen molar-refractivity contribution in [2.75, 3.05) is 26.0 Å². The van der Waals surface area contributed by atoms with Gasteiger partial charge in [-0.25, -0.2) is 4.79 Å². The number of ketones is 1. The Balaban J connectivity index is 1.48. The molecule has 1 atom stereocenters. The maximum absolute atomic E-state index is 13.5. The number of anilines is 1. The normalized spacial score (nSPS) is 14.6. The van der Waals surface area contributed by atoms with Crippen LogP contribution in [0.3, 0.4) is 0 Å². The second-order valence-electron chi connectivity index (χ2n) is 10.2. The monoisotopic (exact) mass is 514 g/mol. The summed E-state index contributed by atoms with van der Waals surface area (Å²) in [7, 11) is 3.96. The molecule has 0 saturated heterocycles. The third-order valence-electron chi connectivity index (χ3n) is 6.81. The van der Waals surface area contributed by atoms with Crippen molar-refractivity contribution in [2.24, 2.45) is 0 Å². The number of urea groups is 1. The predicted octanol–water partition coefficient (Wildman–Crippen LogP) is 4.02.